The van der Waals surface area contributed by atoms with E-state index in [1.165, 1.54) is 40.9 Å². The molecule has 0 bridgehead atoms. The van der Waals surface area contributed by atoms with Crippen LogP contribution in [0.5, 0.6) is 0 Å². The maximum absolute atomic E-state index is 12.6. The Bertz CT molecular complexity index is 863. The van der Waals surface area contributed by atoms with E-state index in [-0.39, 0.29) is 21.5 Å². The molecule has 0 unspecified atom stereocenters. The molecule has 0 fully saturated rings. The topological polar surface area (TPSA) is 79.4 Å². The van der Waals surface area contributed by atoms with E-state index in [1.54, 1.807) is 20.0 Å². The SMILES string of the molecule is Cc1cnc(NC(=O)c2cc(S(=O)(=O)N(C)C(C)C)ccc2Cl)s1. The third kappa shape index (κ3) is 3.94. The van der Waals surface area contributed by atoms with Gasteiger partial charge in [-0.25, -0.2) is 13.4 Å². The average Bonchev–Trinajstić information content (AvgIpc) is 2.91. The van der Waals surface area contributed by atoms with Crippen molar-refractivity contribution in [3.63, 3.8) is 0 Å². The molecule has 0 atom stereocenters. The van der Waals surface area contributed by atoms with Gasteiger partial charge in [0.15, 0.2) is 5.13 Å². The molecule has 0 spiro atoms. The minimum absolute atomic E-state index is 0.0172. The van der Waals surface area contributed by atoms with Gasteiger partial charge in [-0.2, -0.15) is 4.31 Å². The summed E-state index contributed by atoms with van der Waals surface area (Å²) in [6.07, 6.45) is 1.64. The van der Waals surface area contributed by atoms with Gasteiger partial charge in [-0.15, -0.1) is 11.3 Å². The fourth-order valence-corrected chi connectivity index (χ4v) is 4.12. The lowest BCUT2D eigenvalue weighted by Gasteiger charge is -2.21. The molecule has 1 aromatic carbocycles. The summed E-state index contributed by atoms with van der Waals surface area (Å²) in [5.41, 5.74) is 0.0859. The highest BCUT2D eigenvalue weighted by molar-refractivity contribution is 7.89. The van der Waals surface area contributed by atoms with E-state index in [1.807, 2.05) is 6.92 Å². The molecule has 9 heteroatoms. The highest BCUT2D eigenvalue weighted by Gasteiger charge is 2.25. The van der Waals surface area contributed by atoms with Crippen molar-refractivity contribution in [1.82, 2.24) is 9.29 Å². The van der Waals surface area contributed by atoms with Gasteiger partial charge in [0.25, 0.3) is 5.91 Å². The summed E-state index contributed by atoms with van der Waals surface area (Å²) in [5, 5.41) is 3.23. The van der Waals surface area contributed by atoms with Crippen molar-refractivity contribution in [3.05, 3.63) is 39.9 Å². The van der Waals surface area contributed by atoms with Gasteiger partial charge in [0.05, 0.1) is 15.5 Å². The molecular formula is C15H18ClN3O3S2. The van der Waals surface area contributed by atoms with E-state index >= 15 is 0 Å². The number of amides is 1. The first kappa shape index (κ1) is 18.9. The monoisotopic (exact) mass is 387 g/mol. The van der Waals surface area contributed by atoms with Crippen molar-refractivity contribution < 1.29 is 13.2 Å². The first-order valence-corrected chi connectivity index (χ1v) is 9.77. The van der Waals surface area contributed by atoms with Crippen LogP contribution in [0, 0.1) is 6.92 Å². The summed E-state index contributed by atoms with van der Waals surface area (Å²) in [6.45, 7) is 5.41. The zero-order valence-corrected chi connectivity index (χ0v) is 16.1. The van der Waals surface area contributed by atoms with Gasteiger partial charge in [0, 0.05) is 24.2 Å². The Labute approximate surface area is 150 Å². The highest BCUT2D eigenvalue weighted by atomic mass is 35.5. The summed E-state index contributed by atoms with van der Waals surface area (Å²) < 4.78 is 26.4. The number of carbonyl (C=O) groups is 1. The third-order valence-corrected chi connectivity index (χ3v) is 6.62. The van der Waals surface area contributed by atoms with E-state index in [0.717, 1.165) is 4.88 Å². The van der Waals surface area contributed by atoms with E-state index in [0.29, 0.717) is 5.13 Å². The number of anilines is 1. The Morgan fingerprint density at radius 1 is 1.38 bits per heavy atom. The number of sulfonamides is 1. The number of carbonyl (C=O) groups excluding carboxylic acids is 1. The summed E-state index contributed by atoms with van der Waals surface area (Å²) in [5.74, 6) is -0.501. The first-order chi connectivity index (χ1) is 11.1. The van der Waals surface area contributed by atoms with Crippen molar-refractivity contribution in [2.24, 2.45) is 0 Å². The molecule has 1 heterocycles. The lowest BCUT2D eigenvalue weighted by molar-refractivity contribution is 0.102. The molecule has 0 saturated heterocycles. The zero-order chi connectivity index (χ0) is 18.1. The second kappa shape index (κ2) is 7.18. The number of benzene rings is 1. The molecule has 6 nitrogen and oxygen atoms in total. The van der Waals surface area contributed by atoms with Gasteiger partial charge < -0.3 is 0 Å². The van der Waals surface area contributed by atoms with Crippen LogP contribution < -0.4 is 5.32 Å². The van der Waals surface area contributed by atoms with Gasteiger partial charge in [-0.3, -0.25) is 10.1 Å². The number of thiazole rings is 1. The molecule has 1 aromatic heterocycles. The quantitative estimate of drug-likeness (QED) is 0.852. The normalized spacial score (nSPS) is 12.0. The predicted octanol–water partition coefficient (Wildman–Crippen LogP) is 3.39. The van der Waals surface area contributed by atoms with Crippen molar-refractivity contribution in [2.45, 2.75) is 31.7 Å². The molecular weight excluding hydrogens is 370 g/mol. The second-order valence-corrected chi connectivity index (χ2v) is 9.13. The second-order valence-electron chi connectivity index (χ2n) is 5.49. The molecule has 1 amide bonds. The Hall–Kier alpha value is -1.48. The molecule has 0 aliphatic heterocycles. The van der Waals surface area contributed by atoms with E-state index < -0.39 is 15.9 Å². The molecule has 0 saturated carbocycles. The summed E-state index contributed by atoms with van der Waals surface area (Å²) in [7, 11) is -2.21. The molecule has 0 aliphatic carbocycles. The Morgan fingerprint density at radius 2 is 2.04 bits per heavy atom. The van der Waals surface area contributed by atoms with Gasteiger partial charge in [0.2, 0.25) is 10.0 Å². The van der Waals surface area contributed by atoms with Gasteiger partial charge in [-0.05, 0) is 39.0 Å². The Balaban J connectivity index is 2.36. The minimum Gasteiger partial charge on any atom is -0.298 e. The van der Waals surface area contributed by atoms with Gasteiger partial charge in [-0.1, -0.05) is 11.6 Å². The highest BCUT2D eigenvalue weighted by Crippen LogP contribution is 2.25. The van der Waals surface area contributed by atoms with Crippen LogP contribution in [-0.2, 0) is 10.0 Å². The van der Waals surface area contributed by atoms with Crippen molar-refractivity contribution in [1.29, 1.82) is 0 Å². The molecule has 24 heavy (non-hydrogen) atoms. The summed E-state index contributed by atoms with van der Waals surface area (Å²) in [6, 6.07) is 3.87. The van der Waals surface area contributed by atoms with Crippen LogP contribution in [0.4, 0.5) is 5.13 Å². The molecule has 0 aliphatic rings. The number of rotatable bonds is 5. The van der Waals surface area contributed by atoms with Crippen LogP contribution in [0.2, 0.25) is 5.02 Å². The Kier molecular flexibility index (Phi) is 5.64. The summed E-state index contributed by atoms with van der Waals surface area (Å²) >= 11 is 7.39. The van der Waals surface area contributed by atoms with Crippen LogP contribution in [0.25, 0.3) is 0 Å². The van der Waals surface area contributed by atoms with Crippen LogP contribution in [0.3, 0.4) is 0 Å². The van der Waals surface area contributed by atoms with Crippen LogP contribution >= 0.6 is 22.9 Å². The van der Waals surface area contributed by atoms with E-state index in [4.69, 9.17) is 11.6 Å². The fraction of sp³-hybridized carbons (Fsp3) is 0.333. The molecule has 2 aromatic rings. The standard InChI is InChI=1S/C15H18ClN3O3S2/c1-9(2)19(4)24(21,22)11-5-6-13(16)12(7-11)14(20)18-15-17-8-10(3)23-15/h5-9H,1-4H3,(H,17,18,20). The maximum Gasteiger partial charge on any atom is 0.259 e. The van der Waals surface area contributed by atoms with Crippen LogP contribution in [0.15, 0.2) is 29.3 Å². The first-order valence-electron chi connectivity index (χ1n) is 7.14. The summed E-state index contributed by atoms with van der Waals surface area (Å²) in [4.78, 5) is 17.4. The third-order valence-electron chi connectivity index (χ3n) is 3.43. The van der Waals surface area contributed by atoms with E-state index in [2.05, 4.69) is 10.3 Å². The number of aromatic nitrogens is 1. The number of hydrogen-bond donors (Lipinski definition) is 1. The number of aryl methyl sites for hydroxylation is 1. The molecule has 130 valence electrons. The number of hydrogen-bond acceptors (Lipinski definition) is 5. The van der Waals surface area contributed by atoms with Crippen LogP contribution in [0.1, 0.15) is 29.1 Å². The lowest BCUT2D eigenvalue weighted by atomic mass is 10.2. The van der Waals surface area contributed by atoms with Crippen molar-refractivity contribution >= 4 is 44.0 Å². The number of nitrogens with zero attached hydrogens (tertiary/aromatic N) is 2. The zero-order valence-electron chi connectivity index (χ0n) is 13.7. The molecule has 2 rings (SSSR count). The van der Waals surface area contributed by atoms with Crippen molar-refractivity contribution in [2.75, 3.05) is 12.4 Å². The largest absolute Gasteiger partial charge is 0.298 e. The maximum atomic E-state index is 12.6. The van der Waals surface area contributed by atoms with Gasteiger partial charge in [0.1, 0.15) is 0 Å². The minimum atomic E-state index is -3.70. The predicted molar refractivity (Wildman–Crippen MR) is 96.3 cm³/mol. The van der Waals surface area contributed by atoms with Crippen molar-refractivity contribution in [3.8, 4) is 0 Å². The molecule has 1 N–H and O–H groups in total. The number of nitrogens with one attached hydrogen (secondary N) is 1. The fourth-order valence-electron chi connectivity index (χ4n) is 1.86. The lowest BCUT2D eigenvalue weighted by Crippen LogP contribution is -2.33. The average molecular weight is 388 g/mol. The molecule has 0 radical (unpaired) electrons. The van der Waals surface area contributed by atoms with E-state index in [9.17, 15) is 13.2 Å². The van der Waals surface area contributed by atoms with Gasteiger partial charge >= 0.3 is 0 Å². The smallest absolute Gasteiger partial charge is 0.259 e. The number of halogens is 1. The van der Waals surface area contributed by atoms with Crippen LogP contribution in [-0.4, -0.2) is 36.7 Å². The Morgan fingerprint density at radius 3 is 2.58 bits per heavy atom.